The van der Waals surface area contributed by atoms with Gasteiger partial charge in [-0.25, -0.2) is 4.39 Å². The van der Waals surface area contributed by atoms with E-state index in [0.29, 0.717) is 11.3 Å². The highest BCUT2D eigenvalue weighted by molar-refractivity contribution is 6.28. The lowest BCUT2D eigenvalue weighted by Gasteiger charge is -2.06. The number of ether oxygens (including phenoxy) is 1. The molecule has 1 heterocycles. The maximum atomic E-state index is 12.9. The zero-order valence-corrected chi connectivity index (χ0v) is 9.57. The number of benzene rings is 1. The van der Waals surface area contributed by atoms with Crippen molar-refractivity contribution in [3.8, 4) is 11.8 Å². The highest BCUT2D eigenvalue weighted by Crippen LogP contribution is 2.23. The molecule has 17 heavy (non-hydrogen) atoms. The van der Waals surface area contributed by atoms with E-state index >= 15 is 0 Å². The first kappa shape index (κ1) is 11.5. The minimum atomic E-state index is -0.344. The van der Waals surface area contributed by atoms with E-state index in [1.54, 1.807) is 6.92 Å². The van der Waals surface area contributed by atoms with Gasteiger partial charge in [-0.15, -0.1) is 0 Å². The van der Waals surface area contributed by atoms with Crippen LogP contribution in [0.15, 0.2) is 18.2 Å². The summed E-state index contributed by atoms with van der Waals surface area (Å²) in [5, 5.41) is -0.0627. The Labute approximate surface area is 101 Å². The van der Waals surface area contributed by atoms with E-state index in [1.165, 1.54) is 18.2 Å². The lowest BCUT2D eigenvalue weighted by atomic mass is 10.2. The SMILES string of the molecule is Cc1cc(F)ccc1Oc1nc(N)nc(Cl)n1. The topological polar surface area (TPSA) is 73.9 Å². The van der Waals surface area contributed by atoms with Gasteiger partial charge in [-0.1, -0.05) is 0 Å². The molecule has 0 saturated carbocycles. The molecular formula is C10H8ClFN4O. The smallest absolute Gasteiger partial charge is 0.328 e. The molecule has 0 bridgehead atoms. The lowest BCUT2D eigenvalue weighted by Crippen LogP contribution is -2.01. The van der Waals surface area contributed by atoms with Gasteiger partial charge < -0.3 is 10.5 Å². The van der Waals surface area contributed by atoms with Crippen molar-refractivity contribution in [2.24, 2.45) is 0 Å². The molecule has 0 unspecified atom stereocenters. The second-order valence-corrected chi connectivity index (χ2v) is 3.60. The van der Waals surface area contributed by atoms with E-state index < -0.39 is 0 Å². The Kier molecular flexibility index (Phi) is 3.06. The van der Waals surface area contributed by atoms with Crippen molar-refractivity contribution in [1.29, 1.82) is 0 Å². The summed E-state index contributed by atoms with van der Waals surface area (Å²) >= 11 is 5.60. The van der Waals surface area contributed by atoms with Crippen LogP contribution in [0.5, 0.6) is 11.8 Å². The first-order valence-electron chi connectivity index (χ1n) is 4.65. The predicted molar refractivity (Wildman–Crippen MR) is 60.5 cm³/mol. The Morgan fingerprint density at radius 2 is 2.06 bits per heavy atom. The van der Waals surface area contributed by atoms with Crippen molar-refractivity contribution in [3.05, 3.63) is 34.9 Å². The van der Waals surface area contributed by atoms with Crippen molar-refractivity contribution in [2.45, 2.75) is 6.92 Å². The molecule has 88 valence electrons. The Balaban J connectivity index is 2.31. The van der Waals surface area contributed by atoms with Gasteiger partial charge in [0, 0.05) is 0 Å². The summed E-state index contributed by atoms with van der Waals surface area (Å²) in [6, 6.07) is 4.05. The molecule has 0 atom stereocenters. The monoisotopic (exact) mass is 254 g/mol. The average Bonchev–Trinajstić information content (AvgIpc) is 2.21. The second-order valence-electron chi connectivity index (χ2n) is 3.26. The van der Waals surface area contributed by atoms with Crippen LogP contribution < -0.4 is 10.5 Å². The maximum absolute atomic E-state index is 12.9. The van der Waals surface area contributed by atoms with Crippen LogP contribution in [-0.4, -0.2) is 15.0 Å². The summed E-state index contributed by atoms with van der Waals surface area (Å²) < 4.78 is 18.2. The van der Waals surface area contributed by atoms with Gasteiger partial charge in [0.2, 0.25) is 11.2 Å². The molecule has 0 fully saturated rings. The van der Waals surface area contributed by atoms with E-state index in [9.17, 15) is 4.39 Å². The number of aryl methyl sites for hydroxylation is 1. The molecule has 1 aromatic carbocycles. The second kappa shape index (κ2) is 4.50. The summed E-state index contributed by atoms with van der Waals surface area (Å²) in [4.78, 5) is 11.1. The third kappa shape index (κ3) is 2.79. The molecule has 0 aliphatic heterocycles. The number of hydrogen-bond donors (Lipinski definition) is 1. The standard InChI is InChI=1S/C10H8ClFN4O/c1-5-4-6(12)2-3-7(5)17-10-15-8(11)14-9(13)16-10/h2-4H,1H3,(H2,13,14,15,16). The van der Waals surface area contributed by atoms with Gasteiger partial charge in [0.05, 0.1) is 0 Å². The zero-order chi connectivity index (χ0) is 12.4. The van der Waals surface area contributed by atoms with Crippen molar-refractivity contribution in [1.82, 2.24) is 15.0 Å². The fourth-order valence-corrected chi connectivity index (χ4v) is 1.38. The molecule has 0 radical (unpaired) electrons. The Hall–Kier alpha value is -1.95. The third-order valence-electron chi connectivity index (χ3n) is 1.94. The number of halogens is 2. The van der Waals surface area contributed by atoms with E-state index in [2.05, 4.69) is 15.0 Å². The third-order valence-corrected chi connectivity index (χ3v) is 2.11. The average molecular weight is 255 g/mol. The van der Waals surface area contributed by atoms with Gasteiger partial charge in [-0.3, -0.25) is 0 Å². The van der Waals surface area contributed by atoms with Crippen LogP contribution in [0.4, 0.5) is 10.3 Å². The highest BCUT2D eigenvalue weighted by Gasteiger charge is 2.07. The number of hydrogen-bond acceptors (Lipinski definition) is 5. The van der Waals surface area contributed by atoms with E-state index in [0.717, 1.165) is 0 Å². The predicted octanol–water partition coefficient (Wildman–Crippen LogP) is 2.35. The molecule has 1 aromatic heterocycles. The van der Waals surface area contributed by atoms with Crippen molar-refractivity contribution < 1.29 is 9.13 Å². The number of nitrogen functional groups attached to an aromatic ring is 1. The van der Waals surface area contributed by atoms with Crippen LogP contribution in [-0.2, 0) is 0 Å². The van der Waals surface area contributed by atoms with Crippen LogP contribution in [0.25, 0.3) is 0 Å². The Bertz CT molecular complexity index is 544. The minimum Gasteiger partial charge on any atom is -0.424 e. The van der Waals surface area contributed by atoms with Gasteiger partial charge in [0.1, 0.15) is 11.6 Å². The van der Waals surface area contributed by atoms with Crippen LogP contribution in [0.2, 0.25) is 5.28 Å². The summed E-state index contributed by atoms with van der Waals surface area (Å²) in [7, 11) is 0. The van der Waals surface area contributed by atoms with Gasteiger partial charge in [-0.05, 0) is 42.3 Å². The van der Waals surface area contributed by atoms with Crippen LogP contribution >= 0.6 is 11.6 Å². The summed E-state index contributed by atoms with van der Waals surface area (Å²) in [6.07, 6.45) is 0. The summed E-state index contributed by atoms with van der Waals surface area (Å²) in [5.74, 6) is 0.0378. The molecule has 2 rings (SSSR count). The highest BCUT2D eigenvalue weighted by atomic mass is 35.5. The summed E-state index contributed by atoms with van der Waals surface area (Å²) in [5.41, 5.74) is 6.00. The van der Waals surface area contributed by atoms with E-state index in [-0.39, 0.29) is 23.1 Å². The maximum Gasteiger partial charge on any atom is 0.328 e. The van der Waals surface area contributed by atoms with Crippen molar-refractivity contribution >= 4 is 17.5 Å². The Morgan fingerprint density at radius 3 is 2.71 bits per heavy atom. The molecule has 7 heteroatoms. The van der Waals surface area contributed by atoms with Gasteiger partial charge in [0.25, 0.3) is 0 Å². The fourth-order valence-electron chi connectivity index (χ4n) is 1.22. The zero-order valence-electron chi connectivity index (χ0n) is 8.82. The van der Waals surface area contributed by atoms with Gasteiger partial charge in [-0.2, -0.15) is 15.0 Å². The fraction of sp³-hybridized carbons (Fsp3) is 0.100. The van der Waals surface area contributed by atoms with Crippen LogP contribution in [0, 0.1) is 12.7 Å². The molecule has 2 N–H and O–H groups in total. The van der Waals surface area contributed by atoms with Gasteiger partial charge >= 0.3 is 6.01 Å². The molecule has 2 aromatic rings. The molecule has 0 saturated heterocycles. The summed E-state index contributed by atoms with van der Waals surface area (Å²) in [6.45, 7) is 1.70. The first-order valence-corrected chi connectivity index (χ1v) is 5.03. The van der Waals surface area contributed by atoms with E-state index in [4.69, 9.17) is 22.1 Å². The minimum absolute atomic E-state index is 0.0304. The quantitative estimate of drug-likeness (QED) is 0.890. The number of nitrogens with zero attached hydrogens (tertiary/aromatic N) is 3. The number of anilines is 1. The van der Waals surface area contributed by atoms with Crippen molar-refractivity contribution in [2.75, 3.05) is 5.73 Å². The molecule has 0 aliphatic rings. The van der Waals surface area contributed by atoms with E-state index in [1.807, 2.05) is 0 Å². The van der Waals surface area contributed by atoms with Crippen LogP contribution in [0.1, 0.15) is 5.56 Å². The first-order chi connectivity index (χ1) is 8.04. The molecular weight excluding hydrogens is 247 g/mol. The molecule has 0 spiro atoms. The number of aromatic nitrogens is 3. The van der Waals surface area contributed by atoms with Crippen molar-refractivity contribution in [3.63, 3.8) is 0 Å². The molecule has 0 amide bonds. The van der Waals surface area contributed by atoms with Crippen LogP contribution in [0.3, 0.4) is 0 Å². The van der Waals surface area contributed by atoms with Gasteiger partial charge in [0.15, 0.2) is 0 Å². The normalized spacial score (nSPS) is 10.3. The largest absolute Gasteiger partial charge is 0.424 e. The molecule has 0 aliphatic carbocycles. The molecule has 5 nitrogen and oxygen atoms in total. The number of rotatable bonds is 2. The lowest BCUT2D eigenvalue weighted by molar-refractivity contribution is 0.436. The Morgan fingerprint density at radius 1 is 1.29 bits per heavy atom. The number of nitrogens with two attached hydrogens (primary N) is 1.